The number of carbonyl (C=O) groups is 2. The third-order valence-corrected chi connectivity index (χ3v) is 3.73. The van der Waals surface area contributed by atoms with Gasteiger partial charge in [-0.2, -0.15) is 0 Å². The van der Waals surface area contributed by atoms with Crippen molar-refractivity contribution in [1.29, 1.82) is 0 Å². The van der Waals surface area contributed by atoms with Crippen molar-refractivity contribution >= 4 is 11.9 Å². The van der Waals surface area contributed by atoms with Crippen LogP contribution in [-0.4, -0.2) is 53.6 Å². The number of hydrogen-bond donors (Lipinski definition) is 0. The highest BCUT2D eigenvalue weighted by atomic mass is 16.5. The van der Waals surface area contributed by atoms with Gasteiger partial charge in [-0.1, -0.05) is 6.07 Å². The Bertz CT molecular complexity index is 767. The number of ether oxygens (including phenoxy) is 3. The molecule has 144 valence electrons. The summed E-state index contributed by atoms with van der Waals surface area (Å²) in [4.78, 5) is 33.5. The highest BCUT2D eigenvalue weighted by Gasteiger charge is 2.17. The lowest BCUT2D eigenvalue weighted by atomic mass is 10.2. The standard InChI is InChI=1S/C19H23N3O5/c1-4-22(12-14-6-7-16(26-5-2)17(10-14)25-3)18(23)13-27-19(24)15-11-20-8-9-21-15/h6-11H,4-5,12-13H2,1-3H3. The molecule has 0 atom stereocenters. The van der Waals surface area contributed by atoms with Crippen LogP contribution in [0, 0.1) is 0 Å². The van der Waals surface area contributed by atoms with E-state index in [0.717, 1.165) is 5.56 Å². The van der Waals surface area contributed by atoms with Crippen LogP contribution in [0.5, 0.6) is 11.5 Å². The van der Waals surface area contributed by atoms with E-state index in [-0.39, 0.29) is 18.2 Å². The summed E-state index contributed by atoms with van der Waals surface area (Å²) in [6.45, 7) is 4.75. The monoisotopic (exact) mass is 373 g/mol. The lowest BCUT2D eigenvalue weighted by molar-refractivity contribution is -0.135. The van der Waals surface area contributed by atoms with Crippen molar-refractivity contribution in [3.63, 3.8) is 0 Å². The van der Waals surface area contributed by atoms with Crippen LogP contribution >= 0.6 is 0 Å². The molecule has 1 amide bonds. The summed E-state index contributed by atoms with van der Waals surface area (Å²) in [7, 11) is 1.57. The third-order valence-electron chi connectivity index (χ3n) is 3.73. The van der Waals surface area contributed by atoms with Gasteiger partial charge in [0.15, 0.2) is 23.8 Å². The molecule has 1 heterocycles. The van der Waals surface area contributed by atoms with E-state index in [9.17, 15) is 9.59 Å². The fraction of sp³-hybridized carbons (Fsp3) is 0.368. The maximum absolute atomic E-state index is 12.4. The smallest absolute Gasteiger partial charge is 0.359 e. The van der Waals surface area contributed by atoms with E-state index >= 15 is 0 Å². The molecule has 0 aliphatic heterocycles. The van der Waals surface area contributed by atoms with Gasteiger partial charge in [0.25, 0.3) is 5.91 Å². The van der Waals surface area contributed by atoms with E-state index in [4.69, 9.17) is 14.2 Å². The number of likely N-dealkylation sites (N-methyl/N-ethyl adjacent to an activating group) is 1. The molecular formula is C19H23N3O5. The lowest BCUT2D eigenvalue weighted by Gasteiger charge is -2.21. The zero-order valence-corrected chi connectivity index (χ0v) is 15.7. The normalized spacial score (nSPS) is 10.2. The Morgan fingerprint density at radius 3 is 2.59 bits per heavy atom. The summed E-state index contributed by atoms with van der Waals surface area (Å²) >= 11 is 0. The molecule has 0 fully saturated rings. The summed E-state index contributed by atoms with van der Waals surface area (Å²) in [6, 6.07) is 5.51. The van der Waals surface area contributed by atoms with Crippen molar-refractivity contribution in [2.75, 3.05) is 26.9 Å². The molecule has 0 aliphatic rings. The van der Waals surface area contributed by atoms with E-state index in [2.05, 4.69) is 9.97 Å². The topological polar surface area (TPSA) is 90.8 Å². The minimum absolute atomic E-state index is 0.0598. The first kappa shape index (κ1) is 20.2. The van der Waals surface area contributed by atoms with Crippen molar-refractivity contribution in [3.05, 3.63) is 48.0 Å². The van der Waals surface area contributed by atoms with Gasteiger partial charge in [-0.3, -0.25) is 9.78 Å². The average molecular weight is 373 g/mol. The van der Waals surface area contributed by atoms with Crippen LogP contribution < -0.4 is 9.47 Å². The number of esters is 1. The molecule has 0 bridgehead atoms. The van der Waals surface area contributed by atoms with Gasteiger partial charge >= 0.3 is 5.97 Å². The van der Waals surface area contributed by atoms with Crippen molar-refractivity contribution in [2.24, 2.45) is 0 Å². The molecule has 2 aromatic rings. The first-order valence-corrected chi connectivity index (χ1v) is 8.59. The molecule has 1 aromatic heterocycles. The van der Waals surface area contributed by atoms with Crippen LogP contribution in [0.2, 0.25) is 0 Å². The first-order valence-electron chi connectivity index (χ1n) is 8.59. The van der Waals surface area contributed by atoms with E-state index in [1.807, 2.05) is 32.0 Å². The summed E-state index contributed by atoms with van der Waals surface area (Å²) in [5.74, 6) is 0.265. The number of rotatable bonds is 9. The zero-order valence-electron chi connectivity index (χ0n) is 15.7. The molecule has 27 heavy (non-hydrogen) atoms. The van der Waals surface area contributed by atoms with Gasteiger partial charge in [0.1, 0.15) is 0 Å². The molecule has 0 saturated carbocycles. The Hall–Kier alpha value is -3.16. The molecule has 1 aromatic carbocycles. The summed E-state index contributed by atoms with van der Waals surface area (Å²) in [5, 5.41) is 0. The molecule has 0 N–H and O–H groups in total. The van der Waals surface area contributed by atoms with Gasteiger partial charge in [0.05, 0.1) is 19.9 Å². The summed E-state index contributed by atoms with van der Waals surface area (Å²) in [5.41, 5.74) is 0.940. The second kappa shape index (κ2) is 10.1. The van der Waals surface area contributed by atoms with Crippen molar-refractivity contribution in [2.45, 2.75) is 20.4 Å². The molecule has 0 radical (unpaired) electrons. The minimum Gasteiger partial charge on any atom is -0.493 e. The molecule has 2 rings (SSSR count). The highest BCUT2D eigenvalue weighted by Crippen LogP contribution is 2.28. The van der Waals surface area contributed by atoms with E-state index < -0.39 is 5.97 Å². The second-order valence-corrected chi connectivity index (χ2v) is 5.49. The first-order chi connectivity index (χ1) is 13.1. The second-order valence-electron chi connectivity index (χ2n) is 5.49. The summed E-state index contributed by atoms with van der Waals surface area (Å²) < 4.78 is 15.9. The number of aromatic nitrogens is 2. The number of nitrogens with zero attached hydrogens (tertiary/aromatic N) is 3. The highest BCUT2D eigenvalue weighted by molar-refractivity contribution is 5.89. The molecule has 0 aliphatic carbocycles. The van der Waals surface area contributed by atoms with Gasteiger partial charge < -0.3 is 19.1 Å². The van der Waals surface area contributed by atoms with Crippen LogP contribution in [0.3, 0.4) is 0 Å². The number of benzene rings is 1. The zero-order chi connectivity index (χ0) is 19.6. The van der Waals surface area contributed by atoms with Crippen molar-refractivity contribution in [1.82, 2.24) is 14.9 Å². The predicted molar refractivity (Wildman–Crippen MR) is 97.6 cm³/mol. The Kier molecular flexibility index (Phi) is 7.54. The van der Waals surface area contributed by atoms with Crippen LogP contribution in [-0.2, 0) is 16.1 Å². The van der Waals surface area contributed by atoms with Crippen LogP contribution in [0.15, 0.2) is 36.8 Å². The van der Waals surface area contributed by atoms with Crippen LogP contribution in [0.4, 0.5) is 0 Å². The molecule has 8 nitrogen and oxygen atoms in total. The fourth-order valence-corrected chi connectivity index (χ4v) is 2.38. The van der Waals surface area contributed by atoms with Crippen LogP contribution in [0.25, 0.3) is 0 Å². The minimum atomic E-state index is -0.685. The molecular weight excluding hydrogens is 350 g/mol. The van der Waals surface area contributed by atoms with E-state index in [1.165, 1.54) is 18.6 Å². The Balaban J connectivity index is 1.97. The number of carbonyl (C=O) groups excluding carboxylic acids is 2. The molecule has 0 saturated heterocycles. The third kappa shape index (κ3) is 5.67. The maximum Gasteiger partial charge on any atom is 0.359 e. The van der Waals surface area contributed by atoms with Gasteiger partial charge in [-0.15, -0.1) is 0 Å². The van der Waals surface area contributed by atoms with Gasteiger partial charge in [0.2, 0.25) is 0 Å². The molecule has 0 spiro atoms. The predicted octanol–water partition coefficient (Wildman–Crippen LogP) is 2.09. The largest absolute Gasteiger partial charge is 0.493 e. The maximum atomic E-state index is 12.4. The Morgan fingerprint density at radius 2 is 1.96 bits per heavy atom. The quantitative estimate of drug-likeness (QED) is 0.622. The van der Waals surface area contributed by atoms with Gasteiger partial charge in [-0.25, -0.2) is 9.78 Å². The number of methoxy groups -OCH3 is 1. The van der Waals surface area contributed by atoms with Gasteiger partial charge in [0, 0.05) is 25.5 Å². The molecule has 8 heteroatoms. The summed E-state index contributed by atoms with van der Waals surface area (Å²) in [6.07, 6.45) is 4.12. The average Bonchev–Trinajstić information content (AvgIpc) is 2.71. The van der Waals surface area contributed by atoms with Crippen LogP contribution in [0.1, 0.15) is 29.9 Å². The van der Waals surface area contributed by atoms with E-state index in [0.29, 0.717) is 31.2 Å². The van der Waals surface area contributed by atoms with Gasteiger partial charge in [-0.05, 0) is 31.5 Å². The SMILES string of the molecule is CCOc1ccc(CN(CC)C(=O)COC(=O)c2cnccn2)cc1OC. The van der Waals surface area contributed by atoms with Crippen molar-refractivity contribution in [3.8, 4) is 11.5 Å². The van der Waals surface area contributed by atoms with E-state index in [1.54, 1.807) is 12.0 Å². The lowest BCUT2D eigenvalue weighted by Crippen LogP contribution is -2.34. The Labute approximate surface area is 158 Å². The number of amides is 1. The fourth-order valence-electron chi connectivity index (χ4n) is 2.38. The number of hydrogen-bond acceptors (Lipinski definition) is 7. The molecule has 0 unspecified atom stereocenters. The van der Waals surface area contributed by atoms with Crippen molar-refractivity contribution < 1.29 is 23.8 Å². The Morgan fingerprint density at radius 1 is 1.15 bits per heavy atom.